The SMILES string of the molecule is COc1ccc2c(c1)-c1onc(NS(=O)(=O)c3c(OC)cccc3OC)c1CC2(C)C. The van der Waals surface area contributed by atoms with Crippen molar-refractivity contribution in [3.63, 3.8) is 0 Å². The van der Waals surface area contributed by atoms with Crippen LogP contribution in [0.2, 0.25) is 0 Å². The van der Waals surface area contributed by atoms with Crippen molar-refractivity contribution in [1.29, 1.82) is 0 Å². The number of anilines is 1. The largest absolute Gasteiger partial charge is 0.497 e. The van der Waals surface area contributed by atoms with E-state index < -0.39 is 10.0 Å². The number of aromatic nitrogens is 1. The van der Waals surface area contributed by atoms with Gasteiger partial charge in [-0.05, 0) is 41.7 Å². The number of sulfonamides is 1. The molecule has 1 aliphatic carbocycles. The van der Waals surface area contributed by atoms with Gasteiger partial charge in [0.15, 0.2) is 16.5 Å². The summed E-state index contributed by atoms with van der Waals surface area (Å²) in [6.07, 6.45) is 0.548. The van der Waals surface area contributed by atoms with Gasteiger partial charge in [-0.1, -0.05) is 31.1 Å². The molecule has 1 heterocycles. The fourth-order valence-corrected chi connectivity index (χ4v) is 5.34. The third-order valence-corrected chi connectivity index (χ3v) is 6.89. The molecule has 0 amide bonds. The summed E-state index contributed by atoms with van der Waals surface area (Å²) in [6.45, 7) is 4.19. The van der Waals surface area contributed by atoms with Crippen LogP contribution in [0.5, 0.6) is 17.2 Å². The molecule has 4 rings (SSSR count). The maximum absolute atomic E-state index is 13.3. The number of fused-ring (bicyclic) bond motifs is 3. The molecule has 0 saturated heterocycles. The highest BCUT2D eigenvalue weighted by Crippen LogP contribution is 2.47. The lowest BCUT2D eigenvalue weighted by molar-refractivity contribution is 0.373. The van der Waals surface area contributed by atoms with Crippen LogP contribution in [0.15, 0.2) is 45.8 Å². The molecule has 0 saturated carbocycles. The third kappa shape index (κ3) is 3.48. The molecule has 3 aromatic rings. The molecule has 0 fully saturated rings. The van der Waals surface area contributed by atoms with Gasteiger partial charge in [-0.3, -0.25) is 4.72 Å². The second-order valence-corrected chi connectivity index (χ2v) is 9.53. The van der Waals surface area contributed by atoms with Crippen molar-refractivity contribution >= 4 is 15.8 Å². The maximum Gasteiger partial charge on any atom is 0.270 e. The lowest BCUT2D eigenvalue weighted by atomic mass is 9.72. The Kier molecular flexibility index (Phi) is 5.09. The van der Waals surface area contributed by atoms with Gasteiger partial charge in [-0.15, -0.1) is 0 Å². The summed E-state index contributed by atoms with van der Waals surface area (Å²) in [5.41, 5.74) is 2.34. The van der Waals surface area contributed by atoms with Gasteiger partial charge in [0.1, 0.15) is 17.2 Å². The Balaban J connectivity index is 1.81. The monoisotopic (exact) mass is 444 g/mol. The summed E-state index contributed by atoms with van der Waals surface area (Å²) in [5, 5.41) is 4.05. The molecule has 0 radical (unpaired) electrons. The van der Waals surface area contributed by atoms with Gasteiger partial charge in [0.05, 0.1) is 21.3 Å². The number of nitrogens with zero attached hydrogens (tertiary/aromatic N) is 1. The zero-order valence-electron chi connectivity index (χ0n) is 18.0. The average molecular weight is 445 g/mol. The standard InChI is InChI=1S/C22H24N2O6S/c1-22(2)12-15-19(14-11-13(27-3)9-10-16(14)22)30-23-21(15)24-31(25,26)20-17(28-4)7-6-8-18(20)29-5/h6-11H,12H2,1-5H3,(H,23,24). The molecule has 164 valence electrons. The molecular formula is C22H24N2O6S. The molecule has 1 aliphatic rings. The van der Waals surface area contributed by atoms with Gasteiger partial charge in [0, 0.05) is 11.1 Å². The predicted octanol–water partition coefficient (Wildman–Crippen LogP) is 4.00. The van der Waals surface area contributed by atoms with Crippen LogP contribution in [0.3, 0.4) is 0 Å². The minimum Gasteiger partial charge on any atom is -0.497 e. The zero-order chi connectivity index (χ0) is 22.4. The minimum atomic E-state index is -4.08. The van der Waals surface area contributed by atoms with Crippen LogP contribution in [-0.4, -0.2) is 34.9 Å². The molecule has 0 aliphatic heterocycles. The predicted molar refractivity (Wildman–Crippen MR) is 116 cm³/mol. The maximum atomic E-state index is 13.3. The molecular weight excluding hydrogens is 420 g/mol. The van der Waals surface area contributed by atoms with E-state index in [0.29, 0.717) is 23.5 Å². The van der Waals surface area contributed by atoms with Crippen LogP contribution < -0.4 is 18.9 Å². The van der Waals surface area contributed by atoms with E-state index in [-0.39, 0.29) is 27.6 Å². The van der Waals surface area contributed by atoms with E-state index in [1.807, 2.05) is 18.2 Å². The van der Waals surface area contributed by atoms with E-state index in [1.54, 1.807) is 25.3 Å². The first kappa shape index (κ1) is 21.0. The van der Waals surface area contributed by atoms with Crippen molar-refractivity contribution < 1.29 is 27.2 Å². The summed E-state index contributed by atoms with van der Waals surface area (Å²) in [7, 11) is 0.320. The van der Waals surface area contributed by atoms with E-state index in [4.69, 9.17) is 18.7 Å². The number of hydrogen-bond acceptors (Lipinski definition) is 7. The highest BCUT2D eigenvalue weighted by Gasteiger charge is 2.37. The Morgan fingerprint density at radius 1 is 1.03 bits per heavy atom. The van der Waals surface area contributed by atoms with Crippen LogP contribution in [0, 0.1) is 0 Å². The van der Waals surface area contributed by atoms with Crippen molar-refractivity contribution in [2.75, 3.05) is 26.1 Å². The Morgan fingerprint density at radius 2 is 1.71 bits per heavy atom. The topological polar surface area (TPSA) is 99.9 Å². The lowest BCUT2D eigenvalue weighted by Gasteiger charge is -2.31. The van der Waals surface area contributed by atoms with Gasteiger partial charge < -0.3 is 18.7 Å². The molecule has 31 heavy (non-hydrogen) atoms. The van der Waals surface area contributed by atoms with Crippen molar-refractivity contribution in [2.45, 2.75) is 30.6 Å². The summed E-state index contributed by atoms with van der Waals surface area (Å²) in [5.74, 6) is 1.68. The Morgan fingerprint density at radius 3 is 2.32 bits per heavy atom. The van der Waals surface area contributed by atoms with Crippen LogP contribution in [0.25, 0.3) is 11.3 Å². The van der Waals surface area contributed by atoms with Crippen LogP contribution in [0.1, 0.15) is 25.0 Å². The molecule has 9 heteroatoms. The number of ether oxygens (including phenoxy) is 3. The first-order valence-corrected chi connectivity index (χ1v) is 11.1. The van der Waals surface area contributed by atoms with Gasteiger partial charge in [-0.25, -0.2) is 8.42 Å². The second-order valence-electron chi connectivity index (χ2n) is 7.91. The van der Waals surface area contributed by atoms with Crippen LogP contribution in [0.4, 0.5) is 5.82 Å². The fraction of sp³-hybridized carbons (Fsp3) is 0.318. The van der Waals surface area contributed by atoms with E-state index >= 15 is 0 Å². The highest BCUT2D eigenvalue weighted by molar-refractivity contribution is 7.93. The first-order chi connectivity index (χ1) is 14.7. The smallest absolute Gasteiger partial charge is 0.270 e. The van der Waals surface area contributed by atoms with Gasteiger partial charge in [0.25, 0.3) is 10.0 Å². The number of hydrogen-bond donors (Lipinski definition) is 1. The molecule has 0 spiro atoms. The Hall–Kier alpha value is -3.20. The first-order valence-electron chi connectivity index (χ1n) is 9.63. The van der Waals surface area contributed by atoms with Gasteiger partial charge >= 0.3 is 0 Å². The quantitative estimate of drug-likeness (QED) is 0.613. The number of benzene rings is 2. The van der Waals surface area contributed by atoms with E-state index in [9.17, 15) is 8.42 Å². The molecule has 0 atom stereocenters. The van der Waals surface area contributed by atoms with E-state index in [1.165, 1.54) is 14.2 Å². The summed E-state index contributed by atoms with van der Waals surface area (Å²) in [4.78, 5) is -0.103. The summed E-state index contributed by atoms with van der Waals surface area (Å²) < 4.78 is 50.6. The third-order valence-electron chi connectivity index (χ3n) is 5.49. The Labute approximate surface area is 181 Å². The van der Waals surface area contributed by atoms with E-state index in [2.05, 4.69) is 23.7 Å². The zero-order valence-corrected chi connectivity index (χ0v) is 18.8. The van der Waals surface area contributed by atoms with Crippen molar-refractivity contribution in [1.82, 2.24) is 5.16 Å². The minimum absolute atomic E-state index is 0.103. The average Bonchev–Trinajstić information content (AvgIpc) is 3.13. The fourth-order valence-electron chi connectivity index (χ4n) is 3.99. The summed E-state index contributed by atoms with van der Waals surface area (Å²) in [6, 6.07) is 10.5. The molecule has 0 unspecified atom stereocenters. The van der Waals surface area contributed by atoms with Gasteiger partial charge in [-0.2, -0.15) is 0 Å². The van der Waals surface area contributed by atoms with Crippen molar-refractivity contribution in [3.8, 4) is 28.6 Å². The number of nitrogens with one attached hydrogen (secondary N) is 1. The molecule has 1 N–H and O–H groups in total. The summed E-state index contributed by atoms with van der Waals surface area (Å²) >= 11 is 0. The molecule has 1 aromatic heterocycles. The van der Waals surface area contributed by atoms with E-state index in [0.717, 1.165) is 11.1 Å². The van der Waals surface area contributed by atoms with Crippen molar-refractivity contribution in [3.05, 3.63) is 47.5 Å². The lowest BCUT2D eigenvalue weighted by Crippen LogP contribution is -2.26. The number of rotatable bonds is 6. The highest BCUT2D eigenvalue weighted by atomic mass is 32.2. The van der Waals surface area contributed by atoms with Crippen LogP contribution in [-0.2, 0) is 21.9 Å². The molecule has 2 aromatic carbocycles. The normalized spacial score (nSPS) is 14.4. The molecule has 0 bridgehead atoms. The second kappa shape index (κ2) is 7.49. The molecule has 8 nitrogen and oxygen atoms in total. The Bertz CT molecular complexity index is 1220. The number of methoxy groups -OCH3 is 3. The van der Waals surface area contributed by atoms with Crippen molar-refractivity contribution in [2.24, 2.45) is 0 Å². The van der Waals surface area contributed by atoms with Crippen LogP contribution >= 0.6 is 0 Å². The van der Waals surface area contributed by atoms with Gasteiger partial charge in [0.2, 0.25) is 0 Å².